The molecule has 3 aromatic heterocycles. The zero-order valence-corrected chi connectivity index (χ0v) is 14.0. The number of nitrogens with zero attached hydrogens (tertiary/aromatic N) is 5. The highest BCUT2D eigenvalue weighted by Gasteiger charge is 2.26. The Balaban J connectivity index is 1.55. The Labute approximate surface area is 143 Å². The molecule has 0 radical (unpaired) electrons. The molecule has 5 nitrogen and oxygen atoms in total. The van der Waals surface area contributed by atoms with Crippen molar-refractivity contribution in [2.75, 3.05) is 18.0 Å². The molecule has 1 fully saturated rings. The summed E-state index contributed by atoms with van der Waals surface area (Å²) in [6, 6.07) is 1.75. The van der Waals surface area contributed by atoms with Gasteiger partial charge in [-0.05, 0) is 18.9 Å². The highest BCUT2D eigenvalue weighted by molar-refractivity contribution is 7.07. The zero-order valence-electron chi connectivity index (χ0n) is 13.2. The molecule has 0 aromatic carbocycles. The van der Waals surface area contributed by atoms with Gasteiger partial charge in [-0.3, -0.25) is 4.98 Å². The van der Waals surface area contributed by atoms with Gasteiger partial charge in [0.2, 0.25) is 0 Å². The van der Waals surface area contributed by atoms with Crippen LogP contribution < -0.4 is 4.90 Å². The molecule has 1 aliphatic heterocycles. The number of halogens is 1. The van der Waals surface area contributed by atoms with Crippen LogP contribution in [0.1, 0.15) is 30.3 Å². The van der Waals surface area contributed by atoms with E-state index in [2.05, 4.69) is 29.8 Å². The Morgan fingerprint density at radius 1 is 1.29 bits per heavy atom. The average molecular weight is 343 g/mol. The molecule has 0 spiro atoms. The first kappa shape index (κ1) is 15.3. The summed E-state index contributed by atoms with van der Waals surface area (Å²) in [4.78, 5) is 14.9. The predicted octanol–water partition coefficient (Wildman–Crippen LogP) is 3.31. The van der Waals surface area contributed by atoms with Gasteiger partial charge >= 0.3 is 0 Å². The number of anilines is 1. The lowest BCUT2D eigenvalue weighted by atomic mass is 9.96. The van der Waals surface area contributed by atoms with Crippen molar-refractivity contribution in [3.05, 3.63) is 59.1 Å². The number of thiazole rings is 1. The highest BCUT2D eigenvalue weighted by atomic mass is 32.1. The Kier molecular flexibility index (Phi) is 4.25. The van der Waals surface area contributed by atoms with Gasteiger partial charge in [0.05, 0.1) is 29.6 Å². The predicted molar refractivity (Wildman–Crippen MR) is 91.8 cm³/mol. The quantitative estimate of drug-likeness (QED) is 0.729. The topological polar surface area (TPSA) is 46.8 Å². The summed E-state index contributed by atoms with van der Waals surface area (Å²) in [5, 5.41) is 2.06. The van der Waals surface area contributed by atoms with Crippen LogP contribution >= 0.6 is 11.3 Å². The highest BCUT2D eigenvalue weighted by Crippen LogP contribution is 2.30. The second kappa shape index (κ2) is 6.68. The Morgan fingerprint density at radius 2 is 2.25 bits per heavy atom. The third-order valence-corrected chi connectivity index (χ3v) is 5.08. The number of piperidine rings is 1. The van der Waals surface area contributed by atoms with Gasteiger partial charge in [0.15, 0.2) is 5.82 Å². The van der Waals surface area contributed by atoms with Crippen LogP contribution in [0.25, 0.3) is 0 Å². The first-order valence-corrected chi connectivity index (χ1v) is 8.98. The third-order valence-electron chi connectivity index (χ3n) is 4.44. The zero-order chi connectivity index (χ0) is 16.4. The van der Waals surface area contributed by atoms with Gasteiger partial charge in [-0.15, -0.1) is 11.3 Å². The molecule has 1 atom stereocenters. The van der Waals surface area contributed by atoms with Crippen molar-refractivity contribution in [3.63, 3.8) is 0 Å². The maximum absolute atomic E-state index is 14.0. The van der Waals surface area contributed by atoms with Crippen molar-refractivity contribution >= 4 is 17.0 Å². The molecule has 4 rings (SSSR count). The van der Waals surface area contributed by atoms with Crippen molar-refractivity contribution in [1.82, 2.24) is 19.5 Å². The van der Waals surface area contributed by atoms with Crippen molar-refractivity contribution in [1.29, 1.82) is 0 Å². The fourth-order valence-electron chi connectivity index (χ4n) is 3.34. The number of pyridine rings is 1. The van der Waals surface area contributed by atoms with Gasteiger partial charge in [0, 0.05) is 43.0 Å². The van der Waals surface area contributed by atoms with Crippen molar-refractivity contribution in [2.45, 2.75) is 25.3 Å². The molecule has 0 saturated carbocycles. The maximum atomic E-state index is 14.0. The summed E-state index contributed by atoms with van der Waals surface area (Å²) >= 11 is 1.60. The lowest BCUT2D eigenvalue weighted by Crippen LogP contribution is -2.36. The third kappa shape index (κ3) is 3.03. The second-order valence-corrected chi connectivity index (χ2v) is 6.72. The molecule has 0 unspecified atom stereocenters. The fourth-order valence-corrected chi connectivity index (χ4v) is 3.89. The Morgan fingerprint density at radius 3 is 3.08 bits per heavy atom. The van der Waals surface area contributed by atoms with E-state index < -0.39 is 0 Å². The lowest BCUT2D eigenvalue weighted by Gasteiger charge is -2.34. The summed E-state index contributed by atoms with van der Waals surface area (Å²) < 4.78 is 16.2. The summed E-state index contributed by atoms with van der Waals surface area (Å²) in [7, 11) is 0. The summed E-state index contributed by atoms with van der Waals surface area (Å²) in [6.07, 6.45) is 8.86. The van der Waals surface area contributed by atoms with E-state index in [9.17, 15) is 4.39 Å². The largest absolute Gasteiger partial charge is 0.368 e. The van der Waals surface area contributed by atoms with Gasteiger partial charge in [0.25, 0.3) is 0 Å². The SMILES string of the molecule is Fc1cnccc1N1CCC[C@H](c2nccn2Cc2cscn2)C1. The van der Waals surface area contributed by atoms with Crippen LogP contribution in [0, 0.1) is 5.82 Å². The van der Waals surface area contributed by atoms with E-state index in [0.717, 1.165) is 44.0 Å². The van der Waals surface area contributed by atoms with E-state index in [4.69, 9.17) is 0 Å². The normalized spacial score (nSPS) is 18.0. The monoisotopic (exact) mass is 343 g/mol. The number of rotatable bonds is 4. The summed E-state index contributed by atoms with van der Waals surface area (Å²) in [5.74, 6) is 1.09. The first-order valence-electron chi connectivity index (χ1n) is 8.04. The maximum Gasteiger partial charge on any atom is 0.164 e. The first-order chi connectivity index (χ1) is 11.8. The van der Waals surface area contributed by atoms with E-state index in [1.807, 2.05) is 17.9 Å². The molecular formula is C17H18FN5S. The van der Waals surface area contributed by atoms with Crippen molar-refractivity contribution in [2.24, 2.45) is 0 Å². The van der Waals surface area contributed by atoms with E-state index in [-0.39, 0.29) is 5.82 Å². The van der Waals surface area contributed by atoms with Crippen LogP contribution in [0.15, 0.2) is 41.7 Å². The van der Waals surface area contributed by atoms with Gasteiger partial charge in [-0.25, -0.2) is 14.4 Å². The van der Waals surface area contributed by atoms with Crippen LogP contribution in [0.4, 0.5) is 10.1 Å². The van der Waals surface area contributed by atoms with Crippen LogP contribution in [0.5, 0.6) is 0 Å². The molecule has 124 valence electrons. The number of hydrogen-bond acceptors (Lipinski definition) is 5. The number of hydrogen-bond donors (Lipinski definition) is 0. The second-order valence-electron chi connectivity index (χ2n) is 6.01. The average Bonchev–Trinajstić information content (AvgIpc) is 3.28. The molecule has 1 saturated heterocycles. The minimum atomic E-state index is -0.260. The molecule has 4 heterocycles. The molecule has 7 heteroatoms. The van der Waals surface area contributed by atoms with Crippen molar-refractivity contribution in [3.8, 4) is 0 Å². The Bertz CT molecular complexity index is 801. The molecule has 3 aromatic rings. The molecule has 0 aliphatic carbocycles. The smallest absolute Gasteiger partial charge is 0.164 e. The van der Waals surface area contributed by atoms with E-state index >= 15 is 0 Å². The van der Waals surface area contributed by atoms with Crippen LogP contribution in [-0.4, -0.2) is 32.6 Å². The minimum Gasteiger partial charge on any atom is -0.368 e. The van der Waals surface area contributed by atoms with E-state index in [0.29, 0.717) is 11.6 Å². The van der Waals surface area contributed by atoms with Gasteiger partial charge in [0.1, 0.15) is 5.82 Å². The van der Waals surface area contributed by atoms with Crippen LogP contribution in [0.3, 0.4) is 0 Å². The van der Waals surface area contributed by atoms with Crippen molar-refractivity contribution < 1.29 is 4.39 Å². The minimum absolute atomic E-state index is 0.260. The summed E-state index contributed by atoms with van der Waals surface area (Å²) in [5.41, 5.74) is 3.53. The fraction of sp³-hybridized carbons (Fsp3) is 0.353. The molecule has 24 heavy (non-hydrogen) atoms. The molecule has 0 amide bonds. The number of aromatic nitrogens is 4. The van der Waals surface area contributed by atoms with Gasteiger partial charge in [-0.1, -0.05) is 0 Å². The van der Waals surface area contributed by atoms with Crippen LogP contribution in [0.2, 0.25) is 0 Å². The van der Waals surface area contributed by atoms with E-state index in [1.54, 1.807) is 23.6 Å². The van der Waals surface area contributed by atoms with E-state index in [1.165, 1.54) is 6.20 Å². The summed E-state index contributed by atoms with van der Waals surface area (Å²) in [6.45, 7) is 2.37. The van der Waals surface area contributed by atoms with Gasteiger partial charge < -0.3 is 9.47 Å². The van der Waals surface area contributed by atoms with Crippen LogP contribution in [-0.2, 0) is 6.54 Å². The number of imidazole rings is 1. The molecule has 1 aliphatic rings. The lowest BCUT2D eigenvalue weighted by molar-refractivity contribution is 0.470. The Hall–Kier alpha value is -2.28. The molecular weight excluding hydrogens is 325 g/mol. The van der Waals surface area contributed by atoms with Gasteiger partial charge in [-0.2, -0.15) is 0 Å². The molecule has 0 bridgehead atoms. The standard InChI is InChI=1S/C17H18FN5S/c18-15-8-19-4-3-16(15)22-6-1-2-13(9-22)17-20-5-7-23(17)10-14-11-24-12-21-14/h3-5,7-8,11-13H,1-2,6,9-10H2/t13-/m0/s1. The molecule has 0 N–H and O–H groups in total.